The summed E-state index contributed by atoms with van der Waals surface area (Å²) in [7, 11) is -3.48. The van der Waals surface area contributed by atoms with Gasteiger partial charge in [0.15, 0.2) is 0 Å². The monoisotopic (exact) mass is 342 g/mol. The standard InChI is InChI=1S/C16H26N2O4S/c1-13(19)11-14-5-4-8-17(14)12-15-6-7-16(22-15)23(20,21)18-9-2-3-10-18/h6-7,13-14,19H,2-5,8-12H2,1H3. The minimum atomic E-state index is -3.48. The van der Waals surface area contributed by atoms with E-state index in [0.29, 0.717) is 31.4 Å². The number of hydrogen-bond donors (Lipinski definition) is 1. The molecule has 0 saturated carbocycles. The smallest absolute Gasteiger partial charge is 0.276 e. The van der Waals surface area contributed by atoms with Crippen molar-refractivity contribution in [1.29, 1.82) is 0 Å². The van der Waals surface area contributed by atoms with Crippen molar-refractivity contribution in [2.45, 2.75) is 62.8 Å². The average molecular weight is 342 g/mol. The van der Waals surface area contributed by atoms with E-state index in [1.807, 2.05) is 6.92 Å². The number of aliphatic hydroxyl groups is 1. The number of likely N-dealkylation sites (tertiary alicyclic amines) is 1. The number of rotatable bonds is 6. The number of nitrogens with zero attached hydrogens (tertiary/aromatic N) is 2. The molecular formula is C16H26N2O4S. The fourth-order valence-electron chi connectivity index (χ4n) is 3.60. The SMILES string of the molecule is CC(O)CC1CCCN1Cc1ccc(S(=O)(=O)N2CCCC2)o1. The van der Waals surface area contributed by atoms with E-state index >= 15 is 0 Å². The third-order valence-electron chi connectivity index (χ3n) is 4.77. The van der Waals surface area contributed by atoms with Crippen molar-refractivity contribution in [2.75, 3.05) is 19.6 Å². The van der Waals surface area contributed by atoms with Crippen LogP contribution in [-0.2, 0) is 16.6 Å². The predicted octanol–water partition coefficient (Wildman–Crippen LogP) is 1.80. The first-order valence-corrected chi connectivity index (χ1v) is 9.92. The molecule has 6 nitrogen and oxygen atoms in total. The first kappa shape index (κ1) is 17.0. The Hall–Kier alpha value is -0.890. The minimum absolute atomic E-state index is 0.0562. The highest BCUT2D eigenvalue weighted by molar-refractivity contribution is 7.89. The molecule has 0 aromatic carbocycles. The molecule has 3 heterocycles. The first-order chi connectivity index (χ1) is 11.0. The topological polar surface area (TPSA) is 74.0 Å². The predicted molar refractivity (Wildman–Crippen MR) is 86.4 cm³/mol. The van der Waals surface area contributed by atoms with Gasteiger partial charge in [-0.2, -0.15) is 4.31 Å². The highest BCUT2D eigenvalue weighted by Gasteiger charge is 2.31. The second-order valence-electron chi connectivity index (χ2n) is 6.68. The van der Waals surface area contributed by atoms with Crippen molar-refractivity contribution in [3.63, 3.8) is 0 Å². The Kier molecular flexibility index (Phi) is 5.10. The molecule has 2 saturated heterocycles. The summed E-state index contributed by atoms with van der Waals surface area (Å²) < 4.78 is 32.1. The molecule has 1 N–H and O–H groups in total. The minimum Gasteiger partial charge on any atom is -0.447 e. The molecule has 0 amide bonds. The van der Waals surface area contributed by atoms with Crippen LogP contribution < -0.4 is 0 Å². The second kappa shape index (κ2) is 6.93. The zero-order chi connectivity index (χ0) is 16.4. The molecule has 1 aromatic rings. The van der Waals surface area contributed by atoms with Crippen molar-refractivity contribution in [1.82, 2.24) is 9.21 Å². The lowest BCUT2D eigenvalue weighted by Gasteiger charge is -2.24. The molecule has 2 atom stereocenters. The highest BCUT2D eigenvalue weighted by atomic mass is 32.2. The molecule has 0 spiro atoms. The lowest BCUT2D eigenvalue weighted by molar-refractivity contribution is 0.126. The van der Waals surface area contributed by atoms with Gasteiger partial charge in [0, 0.05) is 19.1 Å². The van der Waals surface area contributed by atoms with E-state index < -0.39 is 10.0 Å². The Bertz CT molecular complexity index is 620. The van der Waals surface area contributed by atoms with Crippen LogP contribution in [0.5, 0.6) is 0 Å². The lowest BCUT2D eigenvalue weighted by Crippen LogP contribution is -2.31. The van der Waals surface area contributed by atoms with E-state index in [4.69, 9.17) is 4.42 Å². The van der Waals surface area contributed by atoms with E-state index in [0.717, 1.165) is 38.6 Å². The van der Waals surface area contributed by atoms with Crippen LogP contribution in [0.2, 0.25) is 0 Å². The molecule has 23 heavy (non-hydrogen) atoms. The zero-order valence-electron chi connectivity index (χ0n) is 13.6. The van der Waals surface area contributed by atoms with Gasteiger partial charge in [0.2, 0.25) is 5.09 Å². The van der Waals surface area contributed by atoms with E-state index in [9.17, 15) is 13.5 Å². The number of aliphatic hydroxyl groups excluding tert-OH is 1. The van der Waals surface area contributed by atoms with Crippen molar-refractivity contribution >= 4 is 10.0 Å². The zero-order valence-corrected chi connectivity index (χ0v) is 14.5. The summed E-state index contributed by atoms with van der Waals surface area (Å²) in [6, 6.07) is 3.68. The summed E-state index contributed by atoms with van der Waals surface area (Å²) in [4.78, 5) is 2.28. The first-order valence-electron chi connectivity index (χ1n) is 8.48. The van der Waals surface area contributed by atoms with Crippen molar-refractivity contribution < 1.29 is 17.9 Å². The van der Waals surface area contributed by atoms with Gasteiger partial charge in [-0.25, -0.2) is 8.42 Å². The Morgan fingerprint density at radius 1 is 1.26 bits per heavy atom. The van der Waals surface area contributed by atoms with Crippen LogP contribution in [0.1, 0.15) is 44.8 Å². The lowest BCUT2D eigenvalue weighted by atomic mass is 10.1. The molecule has 2 unspecified atom stereocenters. The van der Waals surface area contributed by atoms with Crippen LogP contribution in [0.15, 0.2) is 21.6 Å². The van der Waals surface area contributed by atoms with Gasteiger partial charge in [0.1, 0.15) is 5.76 Å². The van der Waals surface area contributed by atoms with Crippen LogP contribution in [0, 0.1) is 0 Å². The fraction of sp³-hybridized carbons (Fsp3) is 0.750. The van der Waals surface area contributed by atoms with E-state index in [1.54, 1.807) is 12.1 Å². The van der Waals surface area contributed by atoms with Crippen molar-refractivity contribution in [3.8, 4) is 0 Å². The van der Waals surface area contributed by atoms with Crippen LogP contribution in [0.25, 0.3) is 0 Å². The largest absolute Gasteiger partial charge is 0.447 e. The van der Waals surface area contributed by atoms with Gasteiger partial charge in [-0.05, 0) is 57.7 Å². The summed E-state index contributed by atoms with van der Waals surface area (Å²) in [6.07, 6.45) is 4.45. The molecule has 0 aliphatic carbocycles. The maximum atomic E-state index is 12.5. The van der Waals surface area contributed by atoms with Gasteiger partial charge in [-0.3, -0.25) is 4.90 Å². The third kappa shape index (κ3) is 3.79. The summed E-state index contributed by atoms with van der Waals surface area (Å²) in [5.41, 5.74) is 0. The maximum Gasteiger partial charge on any atom is 0.276 e. The van der Waals surface area contributed by atoms with E-state index in [-0.39, 0.29) is 11.2 Å². The Morgan fingerprint density at radius 3 is 2.70 bits per heavy atom. The summed E-state index contributed by atoms with van der Waals surface area (Å²) in [5, 5.41) is 9.65. The normalized spacial score (nSPS) is 25.2. The third-order valence-corrected chi connectivity index (χ3v) is 6.54. The van der Waals surface area contributed by atoms with E-state index in [1.165, 1.54) is 4.31 Å². The molecule has 2 aliphatic heterocycles. The Labute approximate surface area is 138 Å². The Morgan fingerprint density at radius 2 is 2.00 bits per heavy atom. The quantitative estimate of drug-likeness (QED) is 0.853. The Balaban J connectivity index is 1.67. The number of sulfonamides is 1. The van der Waals surface area contributed by atoms with Gasteiger partial charge >= 0.3 is 0 Å². The number of hydrogen-bond acceptors (Lipinski definition) is 5. The summed E-state index contributed by atoms with van der Waals surface area (Å²) in [5.74, 6) is 0.681. The van der Waals surface area contributed by atoms with Gasteiger partial charge < -0.3 is 9.52 Å². The van der Waals surface area contributed by atoms with Gasteiger partial charge in [0.25, 0.3) is 10.0 Å². The van der Waals surface area contributed by atoms with Gasteiger partial charge in [-0.15, -0.1) is 0 Å². The fourth-order valence-corrected chi connectivity index (χ4v) is 5.05. The molecule has 7 heteroatoms. The van der Waals surface area contributed by atoms with Crippen LogP contribution in [-0.4, -0.2) is 54.5 Å². The molecule has 0 bridgehead atoms. The molecule has 2 aliphatic rings. The van der Waals surface area contributed by atoms with Crippen molar-refractivity contribution in [3.05, 3.63) is 17.9 Å². The summed E-state index contributed by atoms with van der Waals surface area (Å²) in [6.45, 7) is 4.55. The molecule has 1 aromatic heterocycles. The molecule has 3 rings (SSSR count). The second-order valence-corrected chi connectivity index (χ2v) is 8.55. The van der Waals surface area contributed by atoms with Crippen LogP contribution >= 0.6 is 0 Å². The molecule has 0 radical (unpaired) electrons. The van der Waals surface area contributed by atoms with Gasteiger partial charge in [-0.1, -0.05) is 0 Å². The van der Waals surface area contributed by atoms with Crippen molar-refractivity contribution in [2.24, 2.45) is 0 Å². The summed E-state index contributed by atoms with van der Waals surface area (Å²) >= 11 is 0. The average Bonchev–Trinajstić information content (AvgIpc) is 3.21. The van der Waals surface area contributed by atoms with E-state index in [2.05, 4.69) is 4.90 Å². The highest BCUT2D eigenvalue weighted by Crippen LogP contribution is 2.27. The molecule has 2 fully saturated rings. The maximum absolute atomic E-state index is 12.5. The molecule has 130 valence electrons. The van der Waals surface area contributed by atoms with Gasteiger partial charge in [0.05, 0.1) is 12.6 Å². The molecular weight excluding hydrogens is 316 g/mol. The van der Waals surface area contributed by atoms with Crippen LogP contribution in [0.3, 0.4) is 0 Å². The number of furan rings is 1. The van der Waals surface area contributed by atoms with Crippen LogP contribution in [0.4, 0.5) is 0 Å².